The minimum atomic E-state index is -0.868. The Kier molecular flexibility index (Phi) is 5.35. The van der Waals surface area contributed by atoms with Gasteiger partial charge in [0.05, 0.1) is 11.7 Å². The minimum Gasteiger partial charge on any atom is -0.385 e. The molecule has 1 aliphatic heterocycles. The molecule has 0 saturated carbocycles. The van der Waals surface area contributed by atoms with Gasteiger partial charge in [0.25, 0.3) is 0 Å². The second kappa shape index (κ2) is 7.02. The molecular formula is C17H25NO2. The second-order valence-electron chi connectivity index (χ2n) is 5.85. The Bertz CT molecular complexity index is 410. The van der Waals surface area contributed by atoms with Crippen LogP contribution in [0.3, 0.4) is 0 Å². The summed E-state index contributed by atoms with van der Waals surface area (Å²) in [4.78, 5) is 2.26. The standard InChI is InChI=1S/C17H25NO2/c1-3-17(2,19)14-18(13-16-10-7-11-20-16)12-15-8-5-4-6-9-15/h3-6,8-9,16,19H,1,7,10-14H2,2H3. The lowest BCUT2D eigenvalue weighted by molar-refractivity contribution is 0.0243. The Labute approximate surface area is 121 Å². The smallest absolute Gasteiger partial charge is 0.0923 e. The molecule has 1 fully saturated rings. The zero-order valence-electron chi connectivity index (χ0n) is 12.3. The van der Waals surface area contributed by atoms with E-state index in [0.717, 1.165) is 32.5 Å². The van der Waals surface area contributed by atoms with E-state index in [2.05, 4.69) is 23.6 Å². The van der Waals surface area contributed by atoms with Crippen molar-refractivity contribution in [1.82, 2.24) is 4.90 Å². The summed E-state index contributed by atoms with van der Waals surface area (Å²) >= 11 is 0. The van der Waals surface area contributed by atoms with Gasteiger partial charge in [0.2, 0.25) is 0 Å². The van der Waals surface area contributed by atoms with Crippen LogP contribution in [0.5, 0.6) is 0 Å². The van der Waals surface area contributed by atoms with E-state index in [4.69, 9.17) is 4.74 Å². The van der Waals surface area contributed by atoms with Crippen LogP contribution < -0.4 is 0 Å². The number of benzene rings is 1. The van der Waals surface area contributed by atoms with Crippen LogP contribution in [-0.2, 0) is 11.3 Å². The molecule has 1 heterocycles. The molecule has 1 aliphatic rings. The summed E-state index contributed by atoms with van der Waals surface area (Å²) in [5, 5.41) is 10.2. The molecule has 2 unspecified atom stereocenters. The summed E-state index contributed by atoms with van der Waals surface area (Å²) in [7, 11) is 0. The minimum absolute atomic E-state index is 0.291. The molecule has 1 aromatic carbocycles. The molecule has 1 saturated heterocycles. The van der Waals surface area contributed by atoms with Crippen LogP contribution in [0, 0.1) is 0 Å². The molecule has 2 atom stereocenters. The molecule has 2 rings (SSSR count). The van der Waals surface area contributed by atoms with Crippen molar-refractivity contribution in [3.8, 4) is 0 Å². The Hall–Kier alpha value is -1.16. The predicted molar refractivity (Wildman–Crippen MR) is 81.5 cm³/mol. The maximum Gasteiger partial charge on any atom is 0.0923 e. The van der Waals surface area contributed by atoms with Crippen LogP contribution in [0.4, 0.5) is 0 Å². The highest BCUT2D eigenvalue weighted by Crippen LogP contribution is 2.17. The Morgan fingerprint density at radius 1 is 1.45 bits per heavy atom. The third-order valence-corrected chi connectivity index (χ3v) is 3.72. The summed E-state index contributed by atoms with van der Waals surface area (Å²) in [5.74, 6) is 0. The van der Waals surface area contributed by atoms with Crippen LogP contribution >= 0.6 is 0 Å². The molecule has 0 aliphatic carbocycles. The van der Waals surface area contributed by atoms with Crippen LogP contribution in [0.25, 0.3) is 0 Å². The number of hydrogen-bond donors (Lipinski definition) is 1. The monoisotopic (exact) mass is 275 g/mol. The average Bonchev–Trinajstić information content (AvgIpc) is 2.92. The molecule has 0 radical (unpaired) electrons. The molecule has 1 aromatic rings. The lowest BCUT2D eigenvalue weighted by Gasteiger charge is -2.31. The van der Waals surface area contributed by atoms with Gasteiger partial charge in [0.15, 0.2) is 0 Å². The third kappa shape index (κ3) is 4.75. The summed E-state index contributed by atoms with van der Waals surface area (Å²) < 4.78 is 5.72. The molecule has 3 nitrogen and oxygen atoms in total. The maximum absolute atomic E-state index is 10.2. The number of nitrogens with zero attached hydrogens (tertiary/aromatic N) is 1. The molecule has 0 bridgehead atoms. The molecule has 110 valence electrons. The van der Waals surface area contributed by atoms with Crippen molar-refractivity contribution in [3.05, 3.63) is 48.6 Å². The van der Waals surface area contributed by atoms with E-state index in [9.17, 15) is 5.11 Å². The normalized spacial score (nSPS) is 21.9. The third-order valence-electron chi connectivity index (χ3n) is 3.72. The highest BCUT2D eigenvalue weighted by atomic mass is 16.5. The van der Waals surface area contributed by atoms with Crippen molar-refractivity contribution in [1.29, 1.82) is 0 Å². The van der Waals surface area contributed by atoms with Crippen molar-refractivity contribution in [2.75, 3.05) is 19.7 Å². The molecular weight excluding hydrogens is 250 g/mol. The van der Waals surface area contributed by atoms with Crippen molar-refractivity contribution >= 4 is 0 Å². The fourth-order valence-electron chi connectivity index (χ4n) is 2.62. The second-order valence-corrected chi connectivity index (χ2v) is 5.85. The van der Waals surface area contributed by atoms with Gasteiger partial charge in [-0.3, -0.25) is 4.90 Å². The van der Waals surface area contributed by atoms with E-state index in [-0.39, 0.29) is 0 Å². The Balaban J connectivity index is 2.00. The van der Waals surface area contributed by atoms with E-state index < -0.39 is 5.60 Å². The predicted octanol–water partition coefficient (Wildman–Crippen LogP) is 2.60. The van der Waals surface area contributed by atoms with Gasteiger partial charge in [-0.05, 0) is 25.3 Å². The van der Waals surface area contributed by atoms with Crippen molar-refractivity contribution in [3.63, 3.8) is 0 Å². The lowest BCUT2D eigenvalue weighted by Crippen LogP contribution is -2.42. The Morgan fingerprint density at radius 3 is 2.80 bits per heavy atom. The van der Waals surface area contributed by atoms with Gasteiger partial charge in [-0.1, -0.05) is 36.4 Å². The van der Waals surface area contributed by atoms with Gasteiger partial charge < -0.3 is 9.84 Å². The van der Waals surface area contributed by atoms with Gasteiger partial charge in [-0.2, -0.15) is 0 Å². The maximum atomic E-state index is 10.2. The quantitative estimate of drug-likeness (QED) is 0.776. The molecule has 1 N–H and O–H groups in total. The number of ether oxygens (including phenoxy) is 1. The topological polar surface area (TPSA) is 32.7 Å². The average molecular weight is 275 g/mol. The SMILES string of the molecule is C=CC(C)(O)CN(Cc1ccccc1)CC1CCCO1. The number of aliphatic hydroxyl groups is 1. The fourth-order valence-corrected chi connectivity index (χ4v) is 2.62. The summed E-state index contributed by atoms with van der Waals surface area (Å²) in [5.41, 5.74) is 0.387. The first-order chi connectivity index (χ1) is 9.59. The molecule has 20 heavy (non-hydrogen) atoms. The Morgan fingerprint density at radius 2 is 2.20 bits per heavy atom. The first-order valence-corrected chi connectivity index (χ1v) is 7.33. The van der Waals surface area contributed by atoms with Crippen LogP contribution in [0.1, 0.15) is 25.3 Å². The summed E-state index contributed by atoms with van der Waals surface area (Å²) in [6, 6.07) is 10.3. The largest absolute Gasteiger partial charge is 0.385 e. The molecule has 0 spiro atoms. The van der Waals surface area contributed by atoms with E-state index in [1.54, 1.807) is 13.0 Å². The highest BCUT2D eigenvalue weighted by Gasteiger charge is 2.24. The fraction of sp³-hybridized carbons (Fsp3) is 0.529. The van der Waals surface area contributed by atoms with Crippen LogP contribution in [0.2, 0.25) is 0 Å². The molecule has 3 heteroatoms. The summed E-state index contributed by atoms with van der Waals surface area (Å²) in [6.45, 7) is 8.64. The zero-order valence-corrected chi connectivity index (χ0v) is 12.3. The van der Waals surface area contributed by atoms with Crippen LogP contribution in [0.15, 0.2) is 43.0 Å². The van der Waals surface area contributed by atoms with Crippen molar-refractivity contribution in [2.45, 2.75) is 38.0 Å². The highest BCUT2D eigenvalue weighted by molar-refractivity contribution is 5.14. The van der Waals surface area contributed by atoms with Crippen molar-refractivity contribution < 1.29 is 9.84 Å². The van der Waals surface area contributed by atoms with E-state index in [1.807, 2.05) is 18.2 Å². The molecule has 0 amide bonds. The van der Waals surface area contributed by atoms with Gasteiger partial charge in [0.1, 0.15) is 0 Å². The van der Waals surface area contributed by atoms with Gasteiger partial charge in [-0.15, -0.1) is 6.58 Å². The first kappa shape index (κ1) is 15.2. The van der Waals surface area contributed by atoms with E-state index in [0.29, 0.717) is 12.6 Å². The van der Waals surface area contributed by atoms with Gasteiger partial charge in [0, 0.05) is 26.2 Å². The lowest BCUT2D eigenvalue weighted by atomic mass is 10.1. The zero-order chi connectivity index (χ0) is 14.4. The number of hydrogen-bond acceptors (Lipinski definition) is 3. The summed E-state index contributed by atoms with van der Waals surface area (Å²) in [6.07, 6.45) is 4.16. The van der Waals surface area contributed by atoms with Crippen LogP contribution in [-0.4, -0.2) is 41.4 Å². The van der Waals surface area contributed by atoms with Gasteiger partial charge >= 0.3 is 0 Å². The van der Waals surface area contributed by atoms with E-state index >= 15 is 0 Å². The molecule has 0 aromatic heterocycles. The van der Waals surface area contributed by atoms with E-state index in [1.165, 1.54) is 5.56 Å². The first-order valence-electron chi connectivity index (χ1n) is 7.33. The van der Waals surface area contributed by atoms with Crippen molar-refractivity contribution in [2.24, 2.45) is 0 Å². The van der Waals surface area contributed by atoms with Gasteiger partial charge in [-0.25, -0.2) is 0 Å². The number of rotatable bonds is 7.